The number of likely N-dealkylation sites (tertiary alicyclic amines) is 2. The summed E-state index contributed by atoms with van der Waals surface area (Å²) in [6, 6.07) is 14.5. The van der Waals surface area contributed by atoms with Crippen molar-refractivity contribution in [2.24, 2.45) is 18.7 Å². The molecule has 426 valence electrons. The molecule has 5 saturated heterocycles. The Labute approximate surface area is 471 Å². The molecule has 8 heterocycles. The molecular weight excluding hydrogens is 1030 g/mol. The molecule has 0 aliphatic carbocycles. The minimum absolute atomic E-state index is 0.0137. The molecule has 11 rings (SSSR count). The van der Waals surface area contributed by atoms with E-state index in [1.54, 1.807) is 41.1 Å². The van der Waals surface area contributed by atoms with Crippen molar-refractivity contribution in [1.82, 2.24) is 50.1 Å². The number of hydrogen-bond donors (Lipinski definition) is 4. The summed E-state index contributed by atoms with van der Waals surface area (Å²) >= 11 is 0. The van der Waals surface area contributed by atoms with E-state index >= 15 is 4.39 Å². The SMILES string of the molecule is C#Cc1c(F)ccc2cccc(-c3ncc4c(NC[C@H]5CC[C@@H](N)N5)nc(OCC56CCC(COC(=O)N7CCCC(C=O)C7)N5CC(=C)C6)nc4c3F)c12.C=CCCN(C(=O)NC)c1nn(C)c2cc(C3CCN(C)CC3)ccc12. The van der Waals surface area contributed by atoms with Crippen LogP contribution in [0.1, 0.15) is 81.3 Å². The maximum atomic E-state index is 16.9. The van der Waals surface area contributed by atoms with Gasteiger partial charge in [0.1, 0.15) is 42.3 Å². The van der Waals surface area contributed by atoms with E-state index in [1.165, 1.54) is 30.7 Å². The van der Waals surface area contributed by atoms with E-state index in [9.17, 15) is 18.8 Å². The summed E-state index contributed by atoms with van der Waals surface area (Å²) in [6.45, 7) is 13.3. The fourth-order valence-electron chi connectivity index (χ4n) is 12.6. The smallest absolute Gasteiger partial charge is 0.409 e. The molecule has 6 aromatic rings. The number of piperidine rings is 2. The lowest BCUT2D eigenvalue weighted by molar-refractivity contribution is -0.112. The summed E-state index contributed by atoms with van der Waals surface area (Å²) in [7, 11) is 5.77. The van der Waals surface area contributed by atoms with Gasteiger partial charge in [0.15, 0.2) is 11.6 Å². The zero-order chi connectivity index (χ0) is 57.0. The van der Waals surface area contributed by atoms with E-state index in [2.05, 4.69) is 85.1 Å². The van der Waals surface area contributed by atoms with Gasteiger partial charge in [0, 0.05) is 87.4 Å². The van der Waals surface area contributed by atoms with Gasteiger partial charge in [-0.3, -0.25) is 24.8 Å². The Morgan fingerprint density at radius 2 is 1.88 bits per heavy atom. The first-order valence-corrected chi connectivity index (χ1v) is 28.2. The molecule has 0 spiro atoms. The number of aryl methyl sites for hydroxylation is 1. The number of nitrogens with two attached hydrogens (primary N) is 1. The normalized spacial score (nSPS) is 22.3. The van der Waals surface area contributed by atoms with Crippen molar-refractivity contribution < 1.29 is 32.6 Å². The van der Waals surface area contributed by atoms with Crippen LogP contribution < -0.4 is 31.3 Å². The van der Waals surface area contributed by atoms with Gasteiger partial charge in [-0.05, 0) is 119 Å². The molecule has 18 nitrogen and oxygen atoms in total. The van der Waals surface area contributed by atoms with Crippen LogP contribution in [0.15, 0.2) is 79.5 Å². The molecule has 3 aromatic heterocycles. The maximum absolute atomic E-state index is 16.9. The zero-order valence-corrected chi connectivity index (χ0v) is 46.6. The number of hydrogen-bond acceptors (Lipinski definition) is 14. The van der Waals surface area contributed by atoms with Gasteiger partial charge >= 0.3 is 18.1 Å². The average molecular weight is 1110 g/mol. The molecule has 0 saturated carbocycles. The summed E-state index contributed by atoms with van der Waals surface area (Å²) < 4.78 is 45.8. The minimum atomic E-state index is -0.724. The number of amides is 3. The summed E-state index contributed by atoms with van der Waals surface area (Å²) in [5, 5.41) is 16.4. The molecule has 3 unspecified atom stereocenters. The molecule has 0 radical (unpaired) electrons. The first-order chi connectivity index (χ1) is 39.2. The van der Waals surface area contributed by atoms with Gasteiger partial charge in [-0.1, -0.05) is 54.5 Å². The van der Waals surface area contributed by atoms with Crippen molar-refractivity contribution in [2.75, 3.05) is 83.3 Å². The predicted molar refractivity (Wildman–Crippen MR) is 311 cm³/mol. The summed E-state index contributed by atoms with van der Waals surface area (Å²) in [6.07, 6.45) is 18.0. The van der Waals surface area contributed by atoms with Gasteiger partial charge in [0.05, 0.1) is 28.2 Å². The highest BCUT2D eigenvalue weighted by Gasteiger charge is 2.51. The van der Waals surface area contributed by atoms with E-state index in [0.29, 0.717) is 78.4 Å². The quantitative estimate of drug-likeness (QED) is 0.0435. The number of nitrogens with one attached hydrogen (secondary N) is 3. The molecule has 81 heavy (non-hydrogen) atoms. The third-order valence-electron chi connectivity index (χ3n) is 16.9. The Hall–Kier alpha value is -7.57. The van der Waals surface area contributed by atoms with Gasteiger partial charge in [-0.2, -0.15) is 15.1 Å². The Morgan fingerprint density at radius 3 is 2.63 bits per heavy atom. The molecule has 5 fully saturated rings. The molecule has 5 aliphatic heterocycles. The molecule has 3 aromatic carbocycles. The monoisotopic (exact) mass is 1110 g/mol. The van der Waals surface area contributed by atoms with Crippen LogP contribution in [0, 0.1) is 29.9 Å². The second kappa shape index (κ2) is 24.7. The van der Waals surface area contributed by atoms with Crippen LogP contribution in [0.3, 0.4) is 0 Å². The van der Waals surface area contributed by atoms with E-state index in [1.807, 2.05) is 17.8 Å². The molecule has 3 amide bonds. The number of anilines is 2. The molecular formula is C61H73F2N13O5. The topological polar surface area (TPSA) is 201 Å². The standard InChI is InChI=1S/C41H44F2N8O4.C20H29N5O/c1-3-29-32(42)11-9-26-7-4-8-30(34(26)29)36-35(43)37-31(18-45-36)38(46-17-27-10-12-33(44)47-27)49-39(48-37)55-23-41-14-13-28(51(41)19-24(2)16-41)22-54-40(53)50-15-5-6-25(20-50)21-52;1-5-6-11-25(20(26)21-2)19-17-8-7-16(14-18(17)24(4)22-19)15-9-12-23(3)13-10-15/h1,4,7-9,11,18,21,25,27-28,33,47H,2,5-6,10,12-17,19-20,22-23,44H2,(H,46,48,49);5,7-8,14-15H,1,6,9-13H2,2-4H3,(H,21,26)/t25?,27-,28?,33+,41?;/m1./s1. The number of fused-ring (bicyclic) bond motifs is 4. The molecule has 5 N–H and O–H groups in total. The van der Waals surface area contributed by atoms with E-state index in [4.69, 9.17) is 26.6 Å². The highest BCUT2D eigenvalue weighted by Crippen LogP contribution is 2.45. The van der Waals surface area contributed by atoms with E-state index in [-0.39, 0.29) is 66.2 Å². The van der Waals surface area contributed by atoms with Crippen molar-refractivity contribution in [1.29, 1.82) is 0 Å². The second-order valence-corrected chi connectivity index (χ2v) is 22.3. The lowest BCUT2D eigenvalue weighted by Gasteiger charge is -2.34. The third-order valence-corrected chi connectivity index (χ3v) is 16.9. The van der Waals surface area contributed by atoms with Gasteiger partial charge in [-0.25, -0.2) is 18.4 Å². The number of aromatic nitrogens is 5. The number of urea groups is 1. The van der Waals surface area contributed by atoms with Crippen LogP contribution in [0.2, 0.25) is 0 Å². The first kappa shape index (κ1) is 56.7. The first-order valence-electron chi connectivity index (χ1n) is 28.2. The summed E-state index contributed by atoms with van der Waals surface area (Å²) in [5.41, 5.74) is 9.43. The number of terminal acetylenes is 1. The lowest BCUT2D eigenvalue weighted by Crippen LogP contribution is -2.48. The van der Waals surface area contributed by atoms with E-state index < -0.39 is 23.3 Å². The Kier molecular flexibility index (Phi) is 17.3. The van der Waals surface area contributed by atoms with Crippen LogP contribution >= 0.6 is 0 Å². The molecule has 20 heteroatoms. The van der Waals surface area contributed by atoms with Crippen LogP contribution in [0.4, 0.5) is 30.0 Å². The number of nitrogens with zero attached hydrogens (tertiary/aromatic N) is 9. The van der Waals surface area contributed by atoms with Crippen molar-refractivity contribution in [3.63, 3.8) is 0 Å². The minimum Gasteiger partial charge on any atom is -0.461 e. The fourth-order valence-corrected chi connectivity index (χ4v) is 12.6. The number of aldehydes is 1. The lowest BCUT2D eigenvalue weighted by atomic mass is 9.89. The number of pyridine rings is 1. The van der Waals surface area contributed by atoms with Crippen molar-refractivity contribution >= 4 is 62.6 Å². The van der Waals surface area contributed by atoms with E-state index in [0.717, 1.165) is 80.8 Å². The largest absolute Gasteiger partial charge is 0.461 e. The van der Waals surface area contributed by atoms with Crippen LogP contribution in [-0.2, 0) is 16.6 Å². The van der Waals surface area contributed by atoms with Gasteiger partial charge in [0.25, 0.3) is 0 Å². The van der Waals surface area contributed by atoms with Gasteiger partial charge < -0.3 is 40.4 Å². The summed E-state index contributed by atoms with van der Waals surface area (Å²) in [4.78, 5) is 58.4. The highest BCUT2D eigenvalue weighted by molar-refractivity contribution is 6.03. The van der Waals surface area contributed by atoms with Gasteiger partial charge in [0.2, 0.25) is 0 Å². The van der Waals surface area contributed by atoms with Crippen molar-refractivity contribution in [3.8, 4) is 29.6 Å². The van der Waals surface area contributed by atoms with Crippen molar-refractivity contribution in [2.45, 2.75) is 93.9 Å². The highest BCUT2D eigenvalue weighted by atomic mass is 19.1. The predicted octanol–water partition coefficient (Wildman–Crippen LogP) is 8.25. The number of carbonyl (C=O) groups excluding carboxylic acids is 3. The second-order valence-electron chi connectivity index (χ2n) is 22.3. The molecule has 5 atom stereocenters. The zero-order valence-electron chi connectivity index (χ0n) is 46.6. The summed E-state index contributed by atoms with van der Waals surface area (Å²) in [5.74, 6) is 2.62. The van der Waals surface area contributed by atoms with Crippen LogP contribution in [0.25, 0.3) is 43.8 Å². The number of benzene rings is 3. The number of rotatable bonds is 15. The number of carbonyl (C=O) groups is 3. The molecule has 5 aliphatic rings. The maximum Gasteiger partial charge on any atom is 0.409 e. The van der Waals surface area contributed by atoms with Crippen molar-refractivity contribution in [3.05, 3.63) is 102 Å². The van der Waals surface area contributed by atoms with Crippen LogP contribution in [-0.4, -0.2) is 155 Å². The Morgan fingerprint density at radius 1 is 1.05 bits per heavy atom. The third kappa shape index (κ3) is 11.9. The van der Waals surface area contributed by atoms with Crippen LogP contribution in [0.5, 0.6) is 6.01 Å². The number of ether oxygens (including phenoxy) is 2. The average Bonchev–Trinajstić information content (AvgIpc) is 4.26. The Bertz CT molecular complexity index is 3390. The van der Waals surface area contributed by atoms with Gasteiger partial charge in [-0.15, -0.1) is 13.0 Å². The fraction of sp³-hybridized carbons (Fsp3) is 0.459. The number of halogens is 2. The Balaban J connectivity index is 0.000000237. The molecule has 0 bridgehead atoms.